The Kier molecular flexibility index (Phi) is 35.0. The average molecular weight is 536 g/mol. The van der Waals surface area contributed by atoms with Crippen LogP contribution in [0.15, 0.2) is 0 Å². The molecule has 0 heterocycles. The fourth-order valence-corrected chi connectivity index (χ4v) is 5.98. The number of hydrogen-bond donors (Lipinski definition) is 0. The summed E-state index contributed by atoms with van der Waals surface area (Å²) in [5, 5.41) is 0. The predicted molar refractivity (Wildman–Crippen MR) is 177 cm³/mol. The lowest BCUT2D eigenvalue weighted by molar-refractivity contribution is 0.254. The van der Waals surface area contributed by atoms with E-state index in [1.807, 2.05) is 0 Å². The normalized spacial score (nSPS) is 11.7. The van der Waals surface area contributed by atoms with E-state index in [-0.39, 0.29) is 0 Å². The molecular formula is C37H77N. The molecule has 0 bridgehead atoms. The Morgan fingerprint density at radius 2 is 0.368 bits per heavy atom. The highest BCUT2D eigenvalue weighted by molar-refractivity contribution is 4.61. The van der Waals surface area contributed by atoms with Gasteiger partial charge in [0.2, 0.25) is 0 Å². The third-order valence-electron chi connectivity index (χ3n) is 8.73. The summed E-state index contributed by atoms with van der Waals surface area (Å²) in [6.07, 6.45) is 45.1. The average Bonchev–Trinajstić information content (AvgIpc) is 2.93. The van der Waals surface area contributed by atoms with Crippen LogP contribution in [0, 0.1) is 0 Å². The van der Waals surface area contributed by atoms with Gasteiger partial charge in [0, 0.05) is 0 Å². The minimum atomic E-state index is 1.37. The van der Waals surface area contributed by atoms with Gasteiger partial charge in [-0.05, 0) is 38.9 Å². The van der Waals surface area contributed by atoms with Crippen LogP contribution in [-0.2, 0) is 0 Å². The van der Waals surface area contributed by atoms with Crippen molar-refractivity contribution in [2.24, 2.45) is 0 Å². The van der Waals surface area contributed by atoms with Crippen LogP contribution in [0.2, 0.25) is 0 Å². The summed E-state index contributed by atoms with van der Waals surface area (Å²) in [4.78, 5) is 2.85. The van der Waals surface area contributed by atoms with Gasteiger partial charge in [0.1, 0.15) is 0 Å². The van der Waals surface area contributed by atoms with Gasteiger partial charge in [-0.1, -0.05) is 201 Å². The van der Waals surface area contributed by atoms with Crippen molar-refractivity contribution in [3.05, 3.63) is 0 Å². The fraction of sp³-hybridized carbons (Fsp3) is 1.00. The monoisotopic (exact) mass is 536 g/mol. The molecule has 0 aliphatic rings. The second kappa shape index (κ2) is 35.0. The Morgan fingerprint density at radius 1 is 0.211 bits per heavy atom. The van der Waals surface area contributed by atoms with Gasteiger partial charge in [0.15, 0.2) is 0 Å². The number of unbranched alkanes of at least 4 members (excludes halogenated alkanes) is 28. The molecule has 38 heavy (non-hydrogen) atoms. The van der Waals surface area contributed by atoms with Gasteiger partial charge in [-0.25, -0.2) is 0 Å². The molecular weight excluding hydrogens is 458 g/mol. The lowest BCUT2D eigenvalue weighted by Crippen LogP contribution is -2.27. The molecule has 0 saturated heterocycles. The highest BCUT2D eigenvalue weighted by Crippen LogP contribution is 2.15. The van der Waals surface area contributed by atoms with Crippen LogP contribution in [0.3, 0.4) is 0 Å². The molecule has 0 unspecified atom stereocenters. The van der Waals surface area contributed by atoms with E-state index in [0.717, 1.165) is 0 Å². The zero-order chi connectivity index (χ0) is 27.6. The molecule has 0 amide bonds. The SMILES string of the molecule is CCCCCCCCCCCCCN(CCCCCCCCCCCC)CCCCCCCCCCCC. The fourth-order valence-electron chi connectivity index (χ4n) is 5.98. The molecule has 230 valence electrons. The van der Waals surface area contributed by atoms with Gasteiger partial charge in [-0.3, -0.25) is 0 Å². The highest BCUT2D eigenvalue weighted by atomic mass is 15.1. The lowest BCUT2D eigenvalue weighted by Gasteiger charge is -2.22. The van der Waals surface area contributed by atoms with Crippen LogP contribution in [0.1, 0.15) is 220 Å². The van der Waals surface area contributed by atoms with E-state index in [2.05, 4.69) is 25.7 Å². The summed E-state index contributed by atoms with van der Waals surface area (Å²) in [5.74, 6) is 0. The Labute approximate surface area is 244 Å². The molecule has 0 rings (SSSR count). The predicted octanol–water partition coefficient (Wildman–Crippen LogP) is 13.4. The van der Waals surface area contributed by atoms with E-state index < -0.39 is 0 Å². The summed E-state index contributed by atoms with van der Waals surface area (Å²) < 4.78 is 0. The summed E-state index contributed by atoms with van der Waals surface area (Å²) in [5.41, 5.74) is 0. The molecule has 0 aromatic rings. The molecule has 0 aliphatic heterocycles. The standard InChI is InChI=1S/C37H77N/c1-4-7-10-13-16-19-22-25-28-31-34-37-38(35-32-29-26-23-20-17-14-11-8-5-2)36-33-30-27-24-21-18-15-12-9-6-3/h4-37H2,1-3H3. The van der Waals surface area contributed by atoms with E-state index in [4.69, 9.17) is 0 Å². The van der Waals surface area contributed by atoms with Gasteiger partial charge >= 0.3 is 0 Å². The van der Waals surface area contributed by atoms with Crippen molar-refractivity contribution in [1.82, 2.24) is 4.90 Å². The lowest BCUT2D eigenvalue weighted by atomic mass is 10.1. The van der Waals surface area contributed by atoms with E-state index in [1.54, 1.807) is 0 Å². The van der Waals surface area contributed by atoms with Crippen molar-refractivity contribution in [3.63, 3.8) is 0 Å². The van der Waals surface area contributed by atoms with E-state index in [9.17, 15) is 0 Å². The summed E-state index contributed by atoms with van der Waals surface area (Å²) in [6.45, 7) is 11.0. The molecule has 0 N–H and O–H groups in total. The van der Waals surface area contributed by atoms with Crippen LogP contribution >= 0.6 is 0 Å². The van der Waals surface area contributed by atoms with Crippen LogP contribution in [-0.4, -0.2) is 24.5 Å². The molecule has 1 heteroatoms. The van der Waals surface area contributed by atoms with Gasteiger partial charge in [0.05, 0.1) is 0 Å². The van der Waals surface area contributed by atoms with Crippen molar-refractivity contribution in [3.8, 4) is 0 Å². The highest BCUT2D eigenvalue weighted by Gasteiger charge is 2.05. The quantitative estimate of drug-likeness (QED) is 0.0740. The Bertz CT molecular complexity index is 368. The zero-order valence-corrected chi connectivity index (χ0v) is 27.5. The molecule has 0 aromatic heterocycles. The van der Waals surface area contributed by atoms with Gasteiger partial charge in [-0.15, -0.1) is 0 Å². The molecule has 0 aliphatic carbocycles. The summed E-state index contributed by atoms with van der Waals surface area (Å²) in [7, 11) is 0. The molecule has 0 radical (unpaired) electrons. The number of rotatable bonds is 34. The molecule has 0 spiro atoms. The number of nitrogens with zero attached hydrogens (tertiary/aromatic N) is 1. The molecule has 0 fully saturated rings. The van der Waals surface area contributed by atoms with E-state index in [0.29, 0.717) is 0 Å². The van der Waals surface area contributed by atoms with Crippen LogP contribution in [0.25, 0.3) is 0 Å². The first-order chi connectivity index (χ1) is 18.8. The second-order valence-electron chi connectivity index (χ2n) is 12.7. The first-order valence-corrected chi connectivity index (χ1v) is 18.6. The molecule has 0 aromatic carbocycles. The van der Waals surface area contributed by atoms with Gasteiger partial charge < -0.3 is 4.90 Å². The van der Waals surface area contributed by atoms with Gasteiger partial charge in [0.25, 0.3) is 0 Å². The summed E-state index contributed by atoms with van der Waals surface area (Å²) in [6, 6.07) is 0. The van der Waals surface area contributed by atoms with Crippen LogP contribution in [0.4, 0.5) is 0 Å². The van der Waals surface area contributed by atoms with E-state index in [1.165, 1.54) is 219 Å². The van der Waals surface area contributed by atoms with E-state index >= 15 is 0 Å². The smallest absolute Gasteiger partial charge is 0.00187 e. The largest absolute Gasteiger partial charge is 0.303 e. The molecule has 1 nitrogen and oxygen atoms in total. The maximum Gasteiger partial charge on any atom is -0.00187 e. The Morgan fingerprint density at radius 3 is 0.553 bits per heavy atom. The maximum atomic E-state index is 2.85. The Hall–Kier alpha value is -0.0400. The minimum Gasteiger partial charge on any atom is -0.303 e. The molecule has 0 atom stereocenters. The van der Waals surface area contributed by atoms with Gasteiger partial charge in [-0.2, -0.15) is 0 Å². The zero-order valence-electron chi connectivity index (χ0n) is 27.5. The topological polar surface area (TPSA) is 3.24 Å². The second-order valence-corrected chi connectivity index (χ2v) is 12.7. The van der Waals surface area contributed by atoms with Crippen LogP contribution < -0.4 is 0 Å². The first-order valence-electron chi connectivity index (χ1n) is 18.6. The van der Waals surface area contributed by atoms with Crippen molar-refractivity contribution in [2.75, 3.05) is 19.6 Å². The van der Waals surface area contributed by atoms with Crippen molar-refractivity contribution < 1.29 is 0 Å². The number of hydrogen-bond acceptors (Lipinski definition) is 1. The minimum absolute atomic E-state index is 1.37. The van der Waals surface area contributed by atoms with Crippen molar-refractivity contribution in [2.45, 2.75) is 220 Å². The third kappa shape index (κ3) is 32.2. The summed E-state index contributed by atoms with van der Waals surface area (Å²) >= 11 is 0. The third-order valence-corrected chi connectivity index (χ3v) is 8.73. The van der Waals surface area contributed by atoms with Crippen molar-refractivity contribution in [1.29, 1.82) is 0 Å². The van der Waals surface area contributed by atoms with Crippen molar-refractivity contribution >= 4 is 0 Å². The Balaban J connectivity index is 3.87. The first kappa shape index (κ1) is 38.0. The maximum absolute atomic E-state index is 2.85. The molecule has 0 saturated carbocycles. The van der Waals surface area contributed by atoms with Crippen LogP contribution in [0.5, 0.6) is 0 Å².